The Morgan fingerprint density at radius 1 is 1.39 bits per heavy atom. The van der Waals surface area contributed by atoms with Gasteiger partial charge in [-0.1, -0.05) is 32.4 Å². The number of halogens is 1. The Labute approximate surface area is 116 Å². The molecule has 0 saturated heterocycles. The lowest BCUT2D eigenvalue weighted by Crippen LogP contribution is -2.29. The van der Waals surface area contributed by atoms with E-state index >= 15 is 0 Å². The van der Waals surface area contributed by atoms with E-state index in [-0.39, 0.29) is 0 Å². The van der Waals surface area contributed by atoms with Crippen molar-refractivity contribution in [2.24, 2.45) is 0 Å². The molecule has 0 aromatic carbocycles. The molecule has 0 aliphatic heterocycles. The standard InChI is InChI=1S/C14H24ClN3/c1-6-11(4)18(5)14-7-12(8-16-10(2)3)13(15)9-17-14/h7,9-11,16H,6,8H2,1-5H3. The molecule has 1 N–H and O–H groups in total. The third-order valence-electron chi connectivity index (χ3n) is 3.23. The Balaban J connectivity index is 2.86. The molecule has 1 heterocycles. The topological polar surface area (TPSA) is 28.2 Å². The largest absolute Gasteiger partial charge is 0.357 e. The summed E-state index contributed by atoms with van der Waals surface area (Å²) in [5.74, 6) is 0.981. The lowest BCUT2D eigenvalue weighted by Gasteiger charge is -2.25. The van der Waals surface area contributed by atoms with Crippen LogP contribution in [-0.4, -0.2) is 24.1 Å². The zero-order chi connectivity index (χ0) is 13.7. The maximum absolute atomic E-state index is 6.18. The van der Waals surface area contributed by atoms with Crippen molar-refractivity contribution in [3.8, 4) is 0 Å². The molecular weight excluding hydrogens is 246 g/mol. The van der Waals surface area contributed by atoms with Crippen molar-refractivity contribution in [2.45, 2.75) is 52.7 Å². The van der Waals surface area contributed by atoms with Gasteiger partial charge >= 0.3 is 0 Å². The van der Waals surface area contributed by atoms with Gasteiger partial charge in [0, 0.05) is 31.9 Å². The lowest BCUT2D eigenvalue weighted by molar-refractivity contribution is 0.588. The maximum Gasteiger partial charge on any atom is 0.128 e. The lowest BCUT2D eigenvalue weighted by atomic mass is 10.2. The molecule has 1 unspecified atom stereocenters. The quantitative estimate of drug-likeness (QED) is 0.857. The number of hydrogen-bond acceptors (Lipinski definition) is 3. The van der Waals surface area contributed by atoms with Crippen molar-refractivity contribution in [3.63, 3.8) is 0 Å². The average Bonchev–Trinajstić information content (AvgIpc) is 2.35. The van der Waals surface area contributed by atoms with Crippen LogP contribution in [0.5, 0.6) is 0 Å². The summed E-state index contributed by atoms with van der Waals surface area (Å²) in [6.07, 6.45) is 2.84. The highest BCUT2D eigenvalue weighted by atomic mass is 35.5. The number of aromatic nitrogens is 1. The molecule has 1 atom stereocenters. The summed E-state index contributed by atoms with van der Waals surface area (Å²) in [6.45, 7) is 9.41. The Kier molecular flexibility index (Phi) is 5.89. The highest BCUT2D eigenvalue weighted by Crippen LogP contribution is 2.21. The van der Waals surface area contributed by atoms with Crippen LogP contribution in [0.4, 0.5) is 5.82 Å². The second-order valence-electron chi connectivity index (χ2n) is 5.04. The SMILES string of the molecule is CCC(C)N(C)c1cc(CNC(C)C)c(Cl)cn1. The van der Waals surface area contributed by atoms with Gasteiger partial charge < -0.3 is 10.2 Å². The number of anilines is 1. The van der Waals surface area contributed by atoms with Gasteiger partial charge in [0.2, 0.25) is 0 Å². The molecule has 0 aliphatic carbocycles. The predicted octanol–water partition coefficient (Wildman–Crippen LogP) is 3.47. The van der Waals surface area contributed by atoms with Crippen LogP contribution in [0, 0.1) is 0 Å². The minimum atomic E-state index is 0.449. The average molecular weight is 270 g/mol. The van der Waals surface area contributed by atoms with Gasteiger partial charge in [-0.05, 0) is 25.0 Å². The minimum absolute atomic E-state index is 0.449. The van der Waals surface area contributed by atoms with Gasteiger partial charge in [-0.2, -0.15) is 0 Å². The smallest absolute Gasteiger partial charge is 0.128 e. The molecule has 1 rings (SSSR count). The Hall–Kier alpha value is -0.800. The van der Waals surface area contributed by atoms with Gasteiger partial charge in [-0.25, -0.2) is 4.98 Å². The van der Waals surface area contributed by atoms with Gasteiger partial charge in [0.25, 0.3) is 0 Å². The maximum atomic E-state index is 6.18. The Morgan fingerprint density at radius 3 is 2.61 bits per heavy atom. The van der Waals surface area contributed by atoms with Crippen molar-refractivity contribution in [2.75, 3.05) is 11.9 Å². The summed E-state index contributed by atoms with van der Waals surface area (Å²) in [5.41, 5.74) is 1.10. The second kappa shape index (κ2) is 6.95. The van der Waals surface area contributed by atoms with E-state index in [4.69, 9.17) is 11.6 Å². The number of rotatable bonds is 6. The van der Waals surface area contributed by atoms with Crippen LogP contribution in [0.15, 0.2) is 12.3 Å². The first-order valence-electron chi connectivity index (χ1n) is 6.56. The molecule has 102 valence electrons. The molecule has 4 heteroatoms. The third-order valence-corrected chi connectivity index (χ3v) is 3.57. The molecule has 0 radical (unpaired) electrons. The molecule has 3 nitrogen and oxygen atoms in total. The highest BCUT2D eigenvalue weighted by molar-refractivity contribution is 6.31. The van der Waals surface area contributed by atoms with E-state index in [0.717, 1.165) is 29.4 Å². The molecule has 0 spiro atoms. The molecule has 0 saturated carbocycles. The summed E-state index contributed by atoms with van der Waals surface area (Å²) < 4.78 is 0. The van der Waals surface area contributed by atoms with E-state index in [1.807, 2.05) is 0 Å². The first-order chi connectivity index (χ1) is 8.45. The van der Waals surface area contributed by atoms with Crippen LogP contribution >= 0.6 is 11.6 Å². The van der Waals surface area contributed by atoms with Gasteiger partial charge in [0.1, 0.15) is 5.82 Å². The van der Waals surface area contributed by atoms with Crippen LogP contribution in [0.2, 0.25) is 5.02 Å². The summed E-state index contributed by atoms with van der Waals surface area (Å²) >= 11 is 6.18. The van der Waals surface area contributed by atoms with E-state index < -0.39 is 0 Å². The molecule has 0 amide bonds. The fourth-order valence-corrected chi connectivity index (χ4v) is 1.78. The molecule has 1 aromatic rings. The van der Waals surface area contributed by atoms with Gasteiger partial charge in [0.15, 0.2) is 0 Å². The van der Waals surface area contributed by atoms with Crippen molar-refractivity contribution in [1.82, 2.24) is 10.3 Å². The van der Waals surface area contributed by atoms with Crippen LogP contribution in [-0.2, 0) is 6.54 Å². The molecule has 1 aromatic heterocycles. The number of nitrogens with zero attached hydrogens (tertiary/aromatic N) is 2. The van der Waals surface area contributed by atoms with Crippen molar-refractivity contribution in [1.29, 1.82) is 0 Å². The van der Waals surface area contributed by atoms with Gasteiger partial charge in [-0.15, -0.1) is 0 Å². The van der Waals surface area contributed by atoms with Crippen LogP contribution < -0.4 is 10.2 Å². The first-order valence-corrected chi connectivity index (χ1v) is 6.94. The molecular formula is C14H24ClN3. The summed E-state index contributed by atoms with van der Waals surface area (Å²) in [6, 6.07) is 3.00. The van der Waals surface area contributed by atoms with E-state index in [1.165, 1.54) is 0 Å². The van der Waals surface area contributed by atoms with Crippen LogP contribution in [0.1, 0.15) is 39.7 Å². The Bertz CT molecular complexity index is 379. The highest BCUT2D eigenvalue weighted by Gasteiger charge is 2.11. The van der Waals surface area contributed by atoms with Gasteiger partial charge in [0.05, 0.1) is 5.02 Å². The van der Waals surface area contributed by atoms with Crippen LogP contribution in [0.3, 0.4) is 0 Å². The molecule has 0 fully saturated rings. The number of hydrogen-bond donors (Lipinski definition) is 1. The predicted molar refractivity (Wildman–Crippen MR) is 79.4 cm³/mol. The normalized spacial score (nSPS) is 12.8. The number of nitrogens with one attached hydrogen (secondary N) is 1. The molecule has 18 heavy (non-hydrogen) atoms. The summed E-state index contributed by atoms with van der Waals surface area (Å²) in [5, 5.41) is 4.11. The molecule has 0 aliphatic rings. The van der Waals surface area contributed by atoms with E-state index in [9.17, 15) is 0 Å². The van der Waals surface area contributed by atoms with Gasteiger partial charge in [-0.3, -0.25) is 0 Å². The van der Waals surface area contributed by atoms with Crippen LogP contribution in [0.25, 0.3) is 0 Å². The third kappa shape index (κ3) is 4.14. The van der Waals surface area contributed by atoms with E-state index in [0.29, 0.717) is 12.1 Å². The zero-order valence-corrected chi connectivity index (χ0v) is 12.8. The van der Waals surface area contributed by atoms with Crippen molar-refractivity contribution in [3.05, 3.63) is 22.8 Å². The zero-order valence-electron chi connectivity index (χ0n) is 12.0. The molecule has 0 bridgehead atoms. The minimum Gasteiger partial charge on any atom is -0.357 e. The summed E-state index contributed by atoms with van der Waals surface area (Å²) in [4.78, 5) is 6.59. The van der Waals surface area contributed by atoms with Crippen molar-refractivity contribution < 1.29 is 0 Å². The summed E-state index contributed by atoms with van der Waals surface area (Å²) in [7, 11) is 2.07. The van der Waals surface area contributed by atoms with Crippen molar-refractivity contribution >= 4 is 17.4 Å². The second-order valence-corrected chi connectivity index (χ2v) is 5.44. The van der Waals surface area contributed by atoms with E-state index in [2.05, 4.69) is 56.0 Å². The Morgan fingerprint density at radius 2 is 2.06 bits per heavy atom. The first kappa shape index (κ1) is 15.3. The monoisotopic (exact) mass is 269 g/mol. The fraction of sp³-hybridized carbons (Fsp3) is 0.643. The van der Waals surface area contributed by atoms with E-state index in [1.54, 1.807) is 6.20 Å². The fourth-order valence-electron chi connectivity index (χ4n) is 1.61. The number of pyridine rings is 1.